The molecule has 0 bridgehead atoms. The Hall–Kier alpha value is -1.60. The first-order valence-electron chi connectivity index (χ1n) is 3.99. The van der Waals surface area contributed by atoms with E-state index in [0.29, 0.717) is 0 Å². The first-order valence-corrected chi connectivity index (χ1v) is 5.47. The largest absolute Gasteiger partial charge is 0.464 e. The van der Waals surface area contributed by atoms with Gasteiger partial charge >= 0.3 is 6.09 Å². The van der Waals surface area contributed by atoms with Crippen molar-refractivity contribution in [1.82, 2.24) is 10.3 Å². The van der Waals surface area contributed by atoms with Gasteiger partial charge in [-0.15, -0.1) is 4.83 Å². The van der Waals surface area contributed by atoms with Gasteiger partial charge in [0.15, 0.2) is 0 Å². The van der Waals surface area contributed by atoms with Crippen LogP contribution in [0.1, 0.15) is 5.56 Å². The van der Waals surface area contributed by atoms with Gasteiger partial charge in [0.1, 0.15) is 0 Å². The summed E-state index contributed by atoms with van der Waals surface area (Å²) in [5.74, 6) is 0. The maximum absolute atomic E-state index is 11.4. The Kier molecular flexibility index (Phi) is 3.28. The summed E-state index contributed by atoms with van der Waals surface area (Å²) in [6.45, 7) is 1.82. The van der Waals surface area contributed by atoms with Crippen LogP contribution in [0.2, 0.25) is 0 Å². The average molecular weight is 230 g/mol. The van der Waals surface area contributed by atoms with Crippen molar-refractivity contribution >= 4 is 16.1 Å². The Bertz CT molecular complexity index is 452. The highest BCUT2D eigenvalue weighted by Crippen LogP contribution is 2.08. The summed E-state index contributed by atoms with van der Waals surface area (Å²) < 4.78 is 22.8. The van der Waals surface area contributed by atoms with Crippen LogP contribution in [0.4, 0.5) is 4.79 Å². The number of hydrazine groups is 1. The number of carboxylic acid groups (broad SMARTS) is 1. The molecular weight excluding hydrogens is 220 g/mol. The fraction of sp³-hybridized carbons (Fsp3) is 0.125. The summed E-state index contributed by atoms with van der Waals surface area (Å²) in [5, 5.41) is 8.23. The molecule has 0 aliphatic carbocycles. The maximum Gasteiger partial charge on any atom is 0.420 e. The predicted molar refractivity (Wildman–Crippen MR) is 52.7 cm³/mol. The first-order chi connectivity index (χ1) is 6.92. The van der Waals surface area contributed by atoms with Gasteiger partial charge in [-0.05, 0) is 19.1 Å². The minimum Gasteiger partial charge on any atom is -0.464 e. The van der Waals surface area contributed by atoms with E-state index in [1.807, 2.05) is 6.92 Å². The normalized spacial score (nSPS) is 11.0. The molecule has 1 aromatic carbocycles. The van der Waals surface area contributed by atoms with E-state index in [-0.39, 0.29) is 4.90 Å². The third-order valence-corrected chi connectivity index (χ3v) is 2.89. The lowest BCUT2D eigenvalue weighted by Crippen LogP contribution is -2.40. The molecule has 0 fully saturated rings. The molecule has 1 amide bonds. The standard InChI is InChI=1S/C8H10N2O4S/c1-6-2-4-7(5-3-6)15(13,14)10-9-8(11)12/h2-5,9-10H,1H3,(H,11,12). The second-order valence-electron chi connectivity index (χ2n) is 2.85. The van der Waals surface area contributed by atoms with Crippen LogP contribution >= 0.6 is 0 Å². The fourth-order valence-electron chi connectivity index (χ4n) is 0.887. The summed E-state index contributed by atoms with van der Waals surface area (Å²) in [5.41, 5.74) is 2.49. The Labute approximate surface area is 86.9 Å². The van der Waals surface area contributed by atoms with E-state index in [1.54, 1.807) is 22.4 Å². The Morgan fingerprint density at radius 3 is 2.27 bits per heavy atom. The summed E-state index contributed by atoms with van der Waals surface area (Å²) in [6.07, 6.45) is -1.47. The number of nitrogens with one attached hydrogen (secondary N) is 2. The van der Waals surface area contributed by atoms with E-state index in [2.05, 4.69) is 0 Å². The molecular formula is C8H10N2O4S. The number of sulfonamides is 1. The van der Waals surface area contributed by atoms with Crippen molar-refractivity contribution in [2.75, 3.05) is 0 Å². The molecule has 0 unspecified atom stereocenters. The smallest absolute Gasteiger partial charge is 0.420 e. The van der Waals surface area contributed by atoms with Crippen molar-refractivity contribution in [3.63, 3.8) is 0 Å². The lowest BCUT2D eigenvalue weighted by molar-refractivity contribution is 0.192. The second kappa shape index (κ2) is 4.28. The molecule has 15 heavy (non-hydrogen) atoms. The molecule has 0 aliphatic heterocycles. The minimum atomic E-state index is -3.81. The van der Waals surface area contributed by atoms with E-state index in [9.17, 15) is 13.2 Å². The van der Waals surface area contributed by atoms with Crippen molar-refractivity contribution < 1.29 is 18.3 Å². The van der Waals surface area contributed by atoms with Crippen LogP contribution in [-0.4, -0.2) is 19.6 Å². The summed E-state index contributed by atoms with van der Waals surface area (Å²) in [6, 6.07) is 6.02. The predicted octanol–water partition coefficient (Wildman–Crippen LogP) is 0.456. The highest BCUT2D eigenvalue weighted by Gasteiger charge is 2.13. The zero-order valence-electron chi connectivity index (χ0n) is 7.89. The number of carbonyl (C=O) groups is 1. The molecule has 0 aliphatic rings. The number of hydrogen-bond acceptors (Lipinski definition) is 3. The van der Waals surface area contributed by atoms with Gasteiger partial charge in [0.2, 0.25) is 0 Å². The summed E-state index contributed by atoms with van der Waals surface area (Å²) in [4.78, 5) is 11.8. The number of benzene rings is 1. The summed E-state index contributed by atoms with van der Waals surface area (Å²) in [7, 11) is -3.81. The van der Waals surface area contributed by atoms with Crippen LogP contribution in [0.25, 0.3) is 0 Å². The van der Waals surface area contributed by atoms with E-state index in [0.717, 1.165) is 5.56 Å². The van der Waals surface area contributed by atoms with Crippen LogP contribution in [0.5, 0.6) is 0 Å². The van der Waals surface area contributed by atoms with Crippen LogP contribution in [-0.2, 0) is 10.0 Å². The van der Waals surface area contributed by atoms with Gasteiger partial charge in [-0.25, -0.2) is 18.6 Å². The summed E-state index contributed by atoms with van der Waals surface area (Å²) >= 11 is 0. The van der Waals surface area contributed by atoms with E-state index >= 15 is 0 Å². The minimum absolute atomic E-state index is 0.00171. The van der Waals surface area contributed by atoms with Gasteiger partial charge in [-0.1, -0.05) is 17.7 Å². The van der Waals surface area contributed by atoms with Gasteiger partial charge in [-0.3, -0.25) is 0 Å². The molecule has 6 nitrogen and oxygen atoms in total. The van der Waals surface area contributed by atoms with Crippen molar-refractivity contribution in [3.05, 3.63) is 29.8 Å². The number of amides is 1. The van der Waals surface area contributed by atoms with Crippen LogP contribution < -0.4 is 10.3 Å². The van der Waals surface area contributed by atoms with Gasteiger partial charge in [0.05, 0.1) is 4.90 Å². The van der Waals surface area contributed by atoms with Crippen molar-refractivity contribution in [1.29, 1.82) is 0 Å². The molecule has 0 saturated heterocycles. The SMILES string of the molecule is Cc1ccc(S(=O)(=O)NNC(=O)O)cc1. The number of hydrogen-bond donors (Lipinski definition) is 3. The molecule has 3 N–H and O–H groups in total. The second-order valence-corrected chi connectivity index (χ2v) is 4.53. The zero-order chi connectivity index (χ0) is 11.5. The highest BCUT2D eigenvalue weighted by molar-refractivity contribution is 7.89. The molecule has 0 aromatic heterocycles. The van der Waals surface area contributed by atoms with Gasteiger partial charge in [-0.2, -0.15) is 0 Å². The fourth-order valence-corrected chi connectivity index (χ4v) is 1.72. The molecule has 82 valence electrons. The first kappa shape index (κ1) is 11.5. The maximum atomic E-state index is 11.4. The van der Waals surface area contributed by atoms with Crippen molar-refractivity contribution in [3.8, 4) is 0 Å². The Balaban J connectivity index is 2.87. The van der Waals surface area contributed by atoms with Gasteiger partial charge in [0.25, 0.3) is 10.0 Å². The third kappa shape index (κ3) is 3.22. The van der Waals surface area contributed by atoms with Gasteiger partial charge in [0, 0.05) is 0 Å². The van der Waals surface area contributed by atoms with E-state index < -0.39 is 16.1 Å². The highest BCUT2D eigenvalue weighted by atomic mass is 32.2. The van der Waals surface area contributed by atoms with E-state index in [4.69, 9.17) is 5.11 Å². The number of aryl methyl sites for hydroxylation is 1. The molecule has 0 radical (unpaired) electrons. The monoisotopic (exact) mass is 230 g/mol. The average Bonchev–Trinajstić information content (AvgIpc) is 2.16. The third-order valence-electron chi connectivity index (χ3n) is 1.62. The molecule has 0 saturated carbocycles. The molecule has 1 rings (SSSR count). The Morgan fingerprint density at radius 2 is 1.80 bits per heavy atom. The van der Waals surface area contributed by atoms with E-state index in [1.165, 1.54) is 12.1 Å². The quantitative estimate of drug-likeness (QED) is 0.657. The molecule has 0 spiro atoms. The molecule has 0 atom stereocenters. The molecule has 0 heterocycles. The molecule has 7 heteroatoms. The molecule has 1 aromatic rings. The topological polar surface area (TPSA) is 95.5 Å². The Morgan fingerprint density at radius 1 is 1.27 bits per heavy atom. The van der Waals surface area contributed by atoms with Crippen molar-refractivity contribution in [2.24, 2.45) is 0 Å². The van der Waals surface area contributed by atoms with Crippen LogP contribution in [0.15, 0.2) is 29.2 Å². The van der Waals surface area contributed by atoms with Crippen LogP contribution in [0.3, 0.4) is 0 Å². The lowest BCUT2D eigenvalue weighted by atomic mass is 10.2. The zero-order valence-corrected chi connectivity index (χ0v) is 8.71. The van der Waals surface area contributed by atoms with Gasteiger partial charge < -0.3 is 5.11 Å². The number of rotatable bonds is 3. The lowest BCUT2D eigenvalue weighted by Gasteiger charge is -2.05. The van der Waals surface area contributed by atoms with Crippen LogP contribution in [0, 0.1) is 6.92 Å². The van der Waals surface area contributed by atoms with Crippen molar-refractivity contribution in [2.45, 2.75) is 11.8 Å².